The van der Waals surface area contributed by atoms with E-state index in [2.05, 4.69) is 20.7 Å². The van der Waals surface area contributed by atoms with Gasteiger partial charge in [0.25, 0.3) is 0 Å². The molecule has 0 radical (unpaired) electrons. The van der Waals surface area contributed by atoms with Crippen LogP contribution < -0.4 is 10.6 Å². The highest BCUT2D eigenvalue weighted by Gasteiger charge is 2.37. The summed E-state index contributed by atoms with van der Waals surface area (Å²) in [5, 5.41) is 20.2. The molecule has 2 aromatic heterocycles. The molecular formula is C20H27N5O3. The number of aromatic nitrogens is 3. The van der Waals surface area contributed by atoms with E-state index in [0.29, 0.717) is 32.2 Å². The zero-order valence-corrected chi connectivity index (χ0v) is 16.0. The molecule has 28 heavy (non-hydrogen) atoms. The Morgan fingerprint density at radius 3 is 2.86 bits per heavy atom. The van der Waals surface area contributed by atoms with E-state index in [1.165, 1.54) is 0 Å². The van der Waals surface area contributed by atoms with Crippen LogP contribution in [0.4, 0.5) is 0 Å². The van der Waals surface area contributed by atoms with Crippen molar-refractivity contribution in [1.82, 2.24) is 25.4 Å². The lowest BCUT2D eigenvalue weighted by Crippen LogP contribution is -2.40. The number of hydrogen-bond acceptors (Lipinski definition) is 5. The number of aliphatic hydroxyl groups is 1. The van der Waals surface area contributed by atoms with E-state index in [0.717, 1.165) is 17.7 Å². The first-order valence-corrected chi connectivity index (χ1v) is 9.70. The zero-order valence-electron chi connectivity index (χ0n) is 16.0. The molecule has 1 aliphatic carbocycles. The van der Waals surface area contributed by atoms with E-state index in [1.807, 2.05) is 25.3 Å². The van der Waals surface area contributed by atoms with Gasteiger partial charge >= 0.3 is 0 Å². The maximum Gasteiger partial charge on any atom is 0.223 e. The maximum atomic E-state index is 12.4. The normalized spacial score (nSPS) is 21.4. The molecular weight excluding hydrogens is 358 g/mol. The second-order valence-electron chi connectivity index (χ2n) is 7.19. The second kappa shape index (κ2) is 9.45. The molecule has 2 amide bonds. The smallest absolute Gasteiger partial charge is 0.223 e. The largest absolute Gasteiger partial charge is 0.391 e. The minimum atomic E-state index is -0.707. The van der Waals surface area contributed by atoms with Gasteiger partial charge in [-0.3, -0.25) is 19.3 Å². The molecule has 1 saturated carbocycles. The molecule has 3 rings (SSSR count). The van der Waals surface area contributed by atoms with Crippen molar-refractivity contribution in [2.75, 3.05) is 0 Å². The summed E-state index contributed by atoms with van der Waals surface area (Å²) in [5.74, 6) is -0.531. The van der Waals surface area contributed by atoms with Gasteiger partial charge in [0.1, 0.15) is 0 Å². The summed E-state index contributed by atoms with van der Waals surface area (Å²) in [6.07, 6.45) is 8.08. The topological polar surface area (TPSA) is 109 Å². The number of hydrogen-bond donors (Lipinski definition) is 3. The predicted molar refractivity (Wildman–Crippen MR) is 103 cm³/mol. The van der Waals surface area contributed by atoms with E-state index in [9.17, 15) is 14.7 Å². The number of carbonyl (C=O) groups excluding carboxylic acids is 2. The molecule has 3 atom stereocenters. The number of rotatable bonds is 8. The number of nitrogens with zero attached hydrogens (tertiary/aromatic N) is 3. The molecule has 8 nitrogen and oxygen atoms in total. The van der Waals surface area contributed by atoms with Gasteiger partial charge in [-0.2, -0.15) is 5.10 Å². The van der Waals surface area contributed by atoms with Crippen molar-refractivity contribution in [3.63, 3.8) is 0 Å². The average Bonchev–Trinajstić information content (AvgIpc) is 3.32. The van der Waals surface area contributed by atoms with Gasteiger partial charge in [0, 0.05) is 49.6 Å². The quantitative estimate of drug-likeness (QED) is 0.623. The zero-order chi connectivity index (χ0) is 19.9. The third kappa shape index (κ3) is 5.39. The Morgan fingerprint density at radius 2 is 2.14 bits per heavy atom. The highest BCUT2D eigenvalue weighted by atomic mass is 16.3. The molecule has 0 unspecified atom stereocenters. The standard InChI is InChI=1S/C20H27N5O3/c1-2-25-13-15(12-23-25)11-22-20(28)16-8-17(18(26)9-16)24-19(27)6-5-14-4-3-7-21-10-14/h3-4,7,10,12-13,16-18,26H,2,5-6,8-9,11H2,1H3,(H,22,28)(H,24,27)/t16-,17+,18+/m0/s1. The lowest BCUT2D eigenvalue weighted by molar-refractivity contribution is -0.125. The Balaban J connectivity index is 1.42. The molecule has 0 bridgehead atoms. The van der Waals surface area contributed by atoms with Crippen LogP contribution in [0.25, 0.3) is 0 Å². The van der Waals surface area contributed by atoms with Crippen LogP contribution >= 0.6 is 0 Å². The Hall–Kier alpha value is -2.74. The van der Waals surface area contributed by atoms with E-state index in [4.69, 9.17) is 0 Å². The number of carbonyl (C=O) groups is 2. The van der Waals surface area contributed by atoms with Crippen LogP contribution in [0.2, 0.25) is 0 Å². The van der Waals surface area contributed by atoms with Crippen molar-refractivity contribution in [1.29, 1.82) is 0 Å². The number of amides is 2. The van der Waals surface area contributed by atoms with Gasteiger partial charge in [0.2, 0.25) is 11.8 Å². The van der Waals surface area contributed by atoms with Gasteiger partial charge in [-0.25, -0.2) is 0 Å². The van der Waals surface area contributed by atoms with Crippen molar-refractivity contribution < 1.29 is 14.7 Å². The van der Waals surface area contributed by atoms with E-state index in [-0.39, 0.29) is 23.8 Å². The first-order valence-electron chi connectivity index (χ1n) is 9.70. The molecule has 0 spiro atoms. The number of aliphatic hydroxyl groups excluding tert-OH is 1. The van der Waals surface area contributed by atoms with Crippen LogP contribution in [-0.4, -0.2) is 43.8 Å². The van der Waals surface area contributed by atoms with E-state index < -0.39 is 6.10 Å². The number of aryl methyl sites for hydroxylation is 2. The summed E-state index contributed by atoms with van der Waals surface area (Å²) in [5.41, 5.74) is 1.93. The molecule has 1 fully saturated rings. The molecule has 3 N–H and O–H groups in total. The van der Waals surface area contributed by atoms with Gasteiger partial charge in [-0.1, -0.05) is 6.07 Å². The fourth-order valence-electron chi connectivity index (χ4n) is 3.47. The predicted octanol–water partition coefficient (Wildman–Crippen LogP) is 0.803. The second-order valence-corrected chi connectivity index (χ2v) is 7.19. The SMILES string of the molecule is CCn1cc(CNC(=O)[C@@H]2C[C@@H](O)[C@H](NC(=O)CCc3cccnc3)C2)cn1. The Morgan fingerprint density at radius 1 is 1.29 bits per heavy atom. The van der Waals surface area contributed by atoms with Crippen molar-refractivity contribution in [2.45, 2.75) is 57.8 Å². The third-order valence-electron chi connectivity index (χ3n) is 5.09. The maximum absolute atomic E-state index is 12.4. The third-order valence-corrected chi connectivity index (χ3v) is 5.09. The van der Waals surface area contributed by atoms with Crippen molar-refractivity contribution >= 4 is 11.8 Å². The van der Waals surface area contributed by atoms with Crippen molar-refractivity contribution in [3.05, 3.63) is 48.0 Å². The molecule has 0 saturated heterocycles. The van der Waals surface area contributed by atoms with Gasteiger partial charge in [0.15, 0.2) is 0 Å². The Kier molecular flexibility index (Phi) is 6.76. The first-order chi connectivity index (χ1) is 13.5. The molecule has 150 valence electrons. The molecule has 8 heteroatoms. The van der Waals surface area contributed by atoms with Gasteiger partial charge in [0.05, 0.1) is 18.3 Å². The van der Waals surface area contributed by atoms with E-state index >= 15 is 0 Å². The fraction of sp³-hybridized carbons (Fsp3) is 0.500. The van der Waals surface area contributed by atoms with Crippen LogP contribution in [0.1, 0.15) is 37.3 Å². The molecule has 0 aromatic carbocycles. The van der Waals surface area contributed by atoms with Crippen LogP contribution in [0, 0.1) is 5.92 Å². The van der Waals surface area contributed by atoms with Gasteiger partial charge in [-0.05, 0) is 37.8 Å². The summed E-state index contributed by atoms with van der Waals surface area (Å²) in [4.78, 5) is 28.6. The van der Waals surface area contributed by atoms with Gasteiger partial charge < -0.3 is 15.7 Å². The van der Waals surface area contributed by atoms with Crippen LogP contribution in [-0.2, 0) is 29.1 Å². The summed E-state index contributed by atoms with van der Waals surface area (Å²) in [6, 6.07) is 3.37. The number of pyridine rings is 1. The molecule has 0 aliphatic heterocycles. The van der Waals surface area contributed by atoms with Crippen LogP contribution in [0.3, 0.4) is 0 Å². The lowest BCUT2D eigenvalue weighted by Gasteiger charge is -2.16. The molecule has 1 aliphatic rings. The Bertz CT molecular complexity index is 792. The lowest BCUT2D eigenvalue weighted by atomic mass is 10.1. The summed E-state index contributed by atoms with van der Waals surface area (Å²) >= 11 is 0. The Labute approximate surface area is 164 Å². The van der Waals surface area contributed by atoms with Crippen LogP contribution in [0.5, 0.6) is 0 Å². The highest BCUT2D eigenvalue weighted by molar-refractivity contribution is 5.80. The minimum absolute atomic E-state index is 0.101. The number of nitrogens with one attached hydrogen (secondary N) is 2. The van der Waals surface area contributed by atoms with Crippen LogP contribution in [0.15, 0.2) is 36.9 Å². The van der Waals surface area contributed by atoms with Gasteiger partial charge in [-0.15, -0.1) is 0 Å². The monoisotopic (exact) mass is 385 g/mol. The highest BCUT2D eigenvalue weighted by Crippen LogP contribution is 2.26. The summed E-state index contributed by atoms with van der Waals surface area (Å²) in [7, 11) is 0. The first kappa shape index (κ1) is 20.0. The van der Waals surface area contributed by atoms with E-state index in [1.54, 1.807) is 23.3 Å². The summed E-state index contributed by atoms with van der Waals surface area (Å²) < 4.78 is 1.80. The average molecular weight is 385 g/mol. The minimum Gasteiger partial charge on any atom is -0.391 e. The van der Waals surface area contributed by atoms with Crippen molar-refractivity contribution in [3.8, 4) is 0 Å². The molecule has 2 heterocycles. The molecule has 2 aromatic rings. The summed E-state index contributed by atoms with van der Waals surface area (Å²) in [6.45, 7) is 3.19. The fourth-order valence-corrected chi connectivity index (χ4v) is 3.47. The van der Waals surface area contributed by atoms with Crippen molar-refractivity contribution in [2.24, 2.45) is 5.92 Å².